The minimum atomic E-state index is -0.206. The number of hydrogen-bond acceptors (Lipinski definition) is 4. The third-order valence-electron chi connectivity index (χ3n) is 5.22. The third kappa shape index (κ3) is 5.87. The first kappa shape index (κ1) is 24.5. The van der Waals surface area contributed by atoms with Gasteiger partial charge in [-0.05, 0) is 66.1 Å². The fourth-order valence-corrected chi connectivity index (χ4v) is 4.12. The van der Waals surface area contributed by atoms with Gasteiger partial charge in [0.15, 0.2) is 0 Å². The van der Waals surface area contributed by atoms with Gasteiger partial charge < -0.3 is 4.74 Å². The van der Waals surface area contributed by atoms with E-state index in [2.05, 4.69) is 28.0 Å². The second kappa shape index (κ2) is 11.2. The highest BCUT2D eigenvalue weighted by Gasteiger charge is 2.11. The zero-order chi connectivity index (χ0) is 24.1. The normalized spacial score (nSPS) is 11.4. The van der Waals surface area contributed by atoms with Crippen LogP contribution in [-0.2, 0) is 13.0 Å². The summed E-state index contributed by atoms with van der Waals surface area (Å²) in [6, 6.07) is 18.3. The lowest BCUT2D eigenvalue weighted by molar-refractivity contribution is 0.306. The number of hydrogen-bond donors (Lipinski definition) is 0. The summed E-state index contributed by atoms with van der Waals surface area (Å²) in [5.41, 5.74) is 2.19. The average Bonchev–Trinajstić information content (AvgIpc) is 2.83. The predicted octanol–water partition coefficient (Wildman–Crippen LogP) is 7.27. The lowest BCUT2D eigenvalue weighted by Gasteiger charge is -2.10. The molecule has 0 spiro atoms. The van der Waals surface area contributed by atoms with Gasteiger partial charge in [-0.2, -0.15) is 9.78 Å². The number of ether oxygens (including phenoxy) is 1. The highest BCUT2D eigenvalue weighted by Crippen LogP contribution is 2.26. The predicted molar refractivity (Wildman–Crippen MR) is 143 cm³/mol. The number of rotatable bonds is 8. The smallest absolute Gasteiger partial charge is 0.282 e. The molecule has 0 aliphatic heterocycles. The topological polar surface area (TPSA) is 56.5 Å². The van der Waals surface area contributed by atoms with Crippen molar-refractivity contribution >= 4 is 56.2 Å². The lowest BCUT2D eigenvalue weighted by atomic mass is 10.2. The summed E-state index contributed by atoms with van der Waals surface area (Å²) in [7, 11) is 0. The molecule has 0 fully saturated rings. The molecule has 0 N–H and O–H groups in total. The van der Waals surface area contributed by atoms with Crippen molar-refractivity contribution in [3.63, 3.8) is 0 Å². The molecule has 0 aliphatic rings. The van der Waals surface area contributed by atoms with Gasteiger partial charge >= 0.3 is 0 Å². The van der Waals surface area contributed by atoms with E-state index in [1.165, 1.54) is 4.68 Å². The fraction of sp³-hybridized carbons (Fsp3) is 0.192. The van der Waals surface area contributed by atoms with E-state index in [4.69, 9.17) is 32.9 Å². The van der Waals surface area contributed by atoms with Crippen LogP contribution in [0, 0.1) is 0 Å². The number of nitrogens with zero attached hydrogens (tertiary/aromatic N) is 3. The Morgan fingerprint density at radius 2 is 1.88 bits per heavy atom. The van der Waals surface area contributed by atoms with Crippen molar-refractivity contribution in [1.29, 1.82) is 0 Å². The van der Waals surface area contributed by atoms with Gasteiger partial charge in [-0.25, -0.2) is 4.98 Å². The van der Waals surface area contributed by atoms with Crippen LogP contribution in [0.5, 0.6) is 5.75 Å². The molecule has 0 radical (unpaired) electrons. The average molecular weight is 559 g/mol. The summed E-state index contributed by atoms with van der Waals surface area (Å²) in [6.45, 7) is 2.47. The van der Waals surface area contributed by atoms with Gasteiger partial charge in [0.2, 0.25) is 0 Å². The Labute approximate surface area is 216 Å². The summed E-state index contributed by atoms with van der Waals surface area (Å²) in [5.74, 6) is 1.19. The third-order valence-corrected chi connectivity index (χ3v) is 6.26. The summed E-state index contributed by atoms with van der Waals surface area (Å²) >= 11 is 15.8. The van der Waals surface area contributed by atoms with Crippen molar-refractivity contribution in [2.45, 2.75) is 32.8 Å². The first-order valence-electron chi connectivity index (χ1n) is 10.9. The highest BCUT2D eigenvalue weighted by atomic mass is 79.9. The van der Waals surface area contributed by atoms with Crippen molar-refractivity contribution in [3.8, 4) is 5.75 Å². The van der Waals surface area contributed by atoms with Gasteiger partial charge in [-0.1, -0.05) is 64.6 Å². The number of aryl methyl sites for hydroxylation is 1. The first-order valence-corrected chi connectivity index (χ1v) is 12.4. The Bertz CT molecular complexity index is 1400. The Morgan fingerprint density at radius 1 is 1.09 bits per heavy atom. The molecule has 0 amide bonds. The molecule has 8 heteroatoms. The number of aromatic nitrogens is 2. The van der Waals surface area contributed by atoms with Gasteiger partial charge in [0.05, 0.1) is 22.1 Å². The Kier molecular flexibility index (Phi) is 8.03. The molecule has 34 heavy (non-hydrogen) atoms. The molecule has 0 atom stereocenters. The van der Waals surface area contributed by atoms with Crippen molar-refractivity contribution in [2.24, 2.45) is 5.10 Å². The van der Waals surface area contributed by atoms with Gasteiger partial charge in [-0.3, -0.25) is 4.79 Å². The minimum Gasteiger partial charge on any atom is -0.487 e. The lowest BCUT2D eigenvalue weighted by Crippen LogP contribution is -2.22. The number of halogens is 3. The van der Waals surface area contributed by atoms with E-state index in [0.29, 0.717) is 45.5 Å². The maximum Gasteiger partial charge on any atom is 0.282 e. The van der Waals surface area contributed by atoms with Crippen LogP contribution < -0.4 is 10.3 Å². The van der Waals surface area contributed by atoms with Crippen molar-refractivity contribution in [3.05, 3.63) is 102 Å². The summed E-state index contributed by atoms with van der Waals surface area (Å²) < 4.78 is 8.03. The largest absolute Gasteiger partial charge is 0.487 e. The SMILES string of the molecule is CCCCc1nc2ccc(Br)cc2c(=O)n1N=Cc1ccc(OCc2ccc(Cl)cc2)c(Cl)c1. The van der Waals surface area contributed by atoms with E-state index < -0.39 is 0 Å². The van der Waals surface area contributed by atoms with Crippen LogP contribution in [0.1, 0.15) is 36.7 Å². The molecule has 3 aromatic carbocycles. The summed E-state index contributed by atoms with van der Waals surface area (Å²) in [4.78, 5) is 17.9. The van der Waals surface area contributed by atoms with E-state index in [1.807, 2.05) is 42.5 Å². The maximum atomic E-state index is 13.2. The molecule has 0 unspecified atom stereocenters. The van der Waals surface area contributed by atoms with Crippen LogP contribution in [-0.4, -0.2) is 15.9 Å². The van der Waals surface area contributed by atoms with E-state index >= 15 is 0 Å². The van der Waals surface area contributed by atoms with E-state index in [0.717, 1.165) is 28.4 Å². The Hall–Kier alpha value is -2.67. The second-order valence-electron chi connectivity index (χ2n) is 7.76. The van der Waals surface area contributed by atoms with Crippen molar-refractivity contribution < 1.29 is 4.74 Å². The van der Waals surface area contributed by atoms with Crippen LogP contribution in [0.4, 0.5) is 0 Å². The molecule has 1 heterocycles. The van der Waals surface area contributed by atoms with Crippen LogP contribution in [0.15, 0.2) is 75.0 Å². The van der Waals surface area contributed by atoms with E-state index in [9.17, 15) is 4.79 Å². The Morgan fingerprint density at radius 3 is 2.62 bits per heavy atom. The second-order valence-corrected chi connectivity index (χ2v) is 9.52. The Balaban J connectivity index is 1.59. The first-order chi connectivity index (χ1) is 16.4. The fourth-order valence-electron chi connectivity index (χ4n) is 3.39. The van der Waals surface area contributed by atoms with Gasteiger partial charge in [0, 0.05) is 15.9 Å². The van der Waals surface area contributed by atoms with Crippen molar-refractivity contribution in [2.75, 3.05) is 0 Å². The monoisotopic (exact) mass is 557 g/mol. The van der Waals surface area contributed by atoms with Gasteiger partial charge in [0.1, 0.15) is 18.2 Å². The molecule has 0 saturated heterocycles. The van der Waals surface area contributed by atoms with Crippen LogP contribution in [0.25, 0.3) is 10.9 Å². The molecule has 4 aromatic rings. The molecular weight excluding hydrogens is 537 g/mol. The van der Waals surface area contributed by atoms with Crippen LogP contribution in [0.3, 0.4) is 0 Å². The molecule has 0 saturated carbocycles. The highest BCUT2D eigenvalue weighted by molar-refractivity contribution is 9.10. The zero-order valence-corrected chi connectivity index (χ0v) is 21.6. The minimum absolute atomic E-state index is 0.206. The maximum absolute atomic E-state index is 13.2. The molecular formula is C26H22BrCl2N3O2. The van der Waals surface area contributed by atoms with Gasteiger partial charge in [0.25, 0.3) is 5.56 Å². The van der Waals surface area contributed by atoms with E-state index in [-0.39, 0.29) is 5.56 Å². The van der Waals surface area contributed by atoms with E-state index in [1.54, 1.807) is 24.4 Å². The molecule has 174 valence electrons. The molecule has 0 aliphatic carbocycles. The quantitative estimate of drug-likeness (QED) is 0.214. The summed E-state index contributed by atoms with van der Waals surface area (Å²) in [6.07, 6.45) is 4.17. The molecule has 0 bridgehead atoms. The number of fused-ring (bicyclic) bond motifs is 1. The molecule has 5 nitrogen and oxygen atoms in total. The standard InChI is InChI=1S/C26H22BrCl2N3O2/c1-2-3-4-25-31-23-11-8-19(27)14-21(23)26(33)32(25)30-15-18-7-12-24(22(29)13-18)34-16-17-5-9-20(28)10-6-17/h5-15H,2-4,16H2,1H3. The summed E-state index contributed by atoms with van der Waals surface area (Å²) in [5, 5.41) is 6.11. The zero-order valence-electron chi connectivity index (χ0n) is 18.5. The number of benzene rings is 3. The van der Waals surface area contributed by atoms with Crippen LogP contribution >= 0.6 is 39.1 Å². The number of unbranched alkanes of at least 4 members (excludes halogenated alkanes) is 1. The van der Waals surface area contributed by atoms with Crippen LogP contribution in [0.2, 0.25) is 10.0 Å². The van der Waals surface area contributed by atoms with Crippen molar-refractivity contribution in [1.82, 2.24) is 9.66 Å². The van der Waals surface area contributed by atoms with Gasteiger partial charge in [-0.15, -0.1) is 0 Å². The molecule has 4 rings (SSSR count). The molecule has 1 aromatic heterocycles.